The lowest BCUT2D eigenvalue weighted by Crippen LogP contribution is -2.53. The van der Waals surface area contributed by atoms with Gasteiger partial charge in [-0.1, -0.05) is 30.3 Å². The number of aliphatic hydroxyl groups is 1. The van der Waals surface area contributed by atoms with Crippen LogP contribution in [0.15, 0.2) is 46.9 Å². The Balaban J connectivity index is 1.21. The first-order valence-electron chi connectivity index (χ1n) is 10.8. The Labute approximate surface area is 175 Å². The SMILES string of the molecule is Cc1nc2ccc3c(c2o1)OC(CN1C2CCC1CC(O)(c1ccccc1)C2)CO3. The summed E-state index contributed by atoms with van der Waals surface area (Å²) in [6.45, 7) is 3.15. The number of nitrogens with zero attached hydrogens (tertiary/aromatic N) is 2. The number of hydrogen-bond donors (Lipinski definition) is 1. The molecule has 156 valence electrons. The summed E-state index contributed by atoms with van der Waals surface area (Å²) in [6.07, 6.45) is 3.71. The van der Waals surface area contributed by atoms with E-state index < -0.39 is 5.60 Å². The maximum atomic E-state index is 11.4. The van der Waals surface area contributed by atoms with Crippen molar-refractivity contribution in [1.29, 1.82) is 0 Å². The predicted molar refractivity (Wildman–Crippen MR) is 112 cm³/mol. The Morgan fingerprint density at radius 2 is 1.87 bits per heavy atom. The van der Waals surface area contributed by atoms with E-state index in [1.807, 2.05) is 37.3 Å². The highest BCUT2D eigenvalue weighted by Crippen LogP contribution is 2.46. The first-order chi connectivity index (χ1) is 14.6. The lowest BCUT2D eigenvalue weighted by atomic mass is 9.80. The summed E-state index contributed by atoms with van der Waals surface area (Å²) in [7, 11) is 0. The van der Waals surface area contributed by atoms with Crippen LogP contribution in [0.3, 0.4) is 0 Å². The lowest BCUT2D eigenvalue weighted by molar-refractivity contribution is -0.0686. The van der Waals surface area contributed by atoms with E-state index in [1.54, 1.807) is 0 Å². The van der Waals surface area contributed by atoms with Crippen LogP contribution in [0.4, 0.5) is 0 Å². The second-order valence-electron chi connectivity index (χ2n) is 8.91. The van der Waals surface area contributed by atoms with Gasteiger partial charge in [-0.3, -0.25) is 4.90 Å². The maximum absolute atomic E-state index is 11.4. The van der Waals surface area contributed by atoms with E-state index >= 15 is 0 Å². The first-order valence-corrected chi connectivity index (χ1v) is 10.8. The average molecular weight is 406 g/mol. The summed E-state index contributed by atoms with van der Waals surface area (Å²) >= 11 is 0. The minimum atomic E-state index is -0.732. The van der Waals surface area contributed by atoms with Crippen molar-refractivity contribution in [3.05, 3.63) is 53.9 Å². The molecule has 3 aliphatic heterocycles. The average Bonchev–Trinajstić information content (AvgIpc) is 3.25. The van der Waals surface area contributed by atoms with Gasteiger partial charge in [-0.2, -0.15) is 0 Å². The van der Waals surface area contributed by atoms with Gasteiger partial charge in [-0.05, 0) is 43.4 Å². The smallest absolute Gasteiger partial charge is 0.207 e. The summed E-state index contributed by atoms with van der Waals surface area (Å²) < 4.78 is 18.1. The van der Waals surface area contributed by atoms with Crippen molar-refractivity contribution < 1.29 is 19.0 Å². The Bertz CT molecular complexity index is 1070. The third-order valence-electron chi connectivity index (χ3n) is 6.94. The maximum Gasteiger partial charge on any atom is 0.207 e. The molecule has 0 radical (unpaired) electrons. The van der Waals surface area contributed by atoms with Gasteiger partial charge < -0.3 is 19.0 Å². The van der Waals surface area contributed by atoms with E-state index in [2.05, 4.69) is 22.0 Å². The monoisotopic (exact) mass is 406 g/mol. The van der Waals surface area contributed by atoms with Crippen LogP contribution < -0.4 is 9.47 Å². The van der Waals surface area contributed by atoms with Gasteiger partial charge in [0.05, 0.1) is 5.60 Å². The molecule has 30 heavy (non-hydrogen) atoms. The highest BCUT2D eigenvalue weighted by molar-refractivity contribution is 5.83. The minimum Gasteiger partial charge on any atom is -0.486 e. The van der Waals surface area contributed by atoms with Gasteiger partial charge in [-0.15, -0.1) is 0 Å². The molecule has 0 spiro atoms. The van der Waals surface area contributed by atoms with Crippen molar-refractivity contribution in [1.82, 2.24) is 9.88 Å². The fourth-order valence-electron chi connectivity index (χ4n) is 5.59. The molecule has 6 rings (SSSR count). The van der Waals surface area contributed by atoms with Crippen LogP contribution in [0.5, 0.6) is 11.5 Å². The standard InChI is InChI=1S/C24H26N2O4/c1-15-25-20-9-10-21-23(22(20)29-15)30-19(14-28-21)13-26-17-7-8-18(26)12-24(27,11-17)16-5-3-2-4-6-16/h2-6,9-10,17-19,27H,7-8,11-14H2,1H3. The van der Waals surface area contributed by atoms with E-state index in [9.17, 15) is 5.11 Å². The normalized spacial score (nSPS) is 30.7. The van der Waals surface area contributed by atoms with Crippen molar-refractivity contribution in [2.24, 2.45) is 0 Å². The molecule has 1 aromatic heterocycles. The molecule has 6 heteroatoms. The van der Waals surface area contributed by atoms with Crippen LogP contribution in [0.1, 0.15) is 37.1 Å². The number of fused-ring (bicyclic) bond motifs is 5. The molecule has 6 nitrogen and oxygen atoms in total. The molecule has 4 heterocycles. The number of benzene rings is 2. The molecule has 0 amide bonds. The number of rotatable bonds is 3. The van der Waals surface area contributed by atoms with E-state index in [-0.39, 0.29) is 6.10 Å². The molecule has 0 aliphatic carbocycles. The molecule has 3 atom stereocenters. The lowest BCUT2D eigenvalue weighted by Gasteiger charge is -2.45. The molecule has 3 unspecified atom stereocenters. The van der Waals surface area contributed by atoms with Gasteiger partial charge in [0.1, 0.15) is 18.2 Å². The van der Waals surface area contributed by atoms with Crippen molar-refractivity contribution in [2.45, 2.75) is 56.4 Å². The zero-order chi connectivity index (χ0) is 20.3. The third kappa shape index (κ3) is 2.89. The highest BCUT2D eigenvalue weighted by Gasteiger charge is 2.49. The second kappa shape index (κ2) is 6.72. The largest absolute Gasteiger partial charge is 0.486 e. The number of aromatic nitrogens is 1. The van der Waals surface area contributed by atoms with Crippen molar-refractivity contribution in [3.8, 4) is 11.5 Å². The molecular weight excluding hydrogens is 380 g/mol. The number of piperidine rings is 1. The van der Waals surface area contributed by atoms with Gasteiger partial charge >= 0.3 is 0 Å². The molecule has 0 saturated carbocycles. The Kier molecular flexibility index (Phi) is 4.08. The van der Waals surface area contributed by atoms with Crippen LogP contribution >= 0.6 is 0 Å². The fourth-order valence-corrected chi connectivity index (χ4v) is 5.59. The summed E-state index contributed by atoms with van der Waals surface area (Å²) in [5.74, 6) is 2.00. The van der Waals surface area contributed by atoms with Gasteiger partial charge in [0, 0.05) is 25.6 Å². The number of ether oxygens (including phenoxy) is 2. The van der Waals surface area contributed by atoms with Crippen LogP contribution in [0, 0.1) is 6.92 Å². The van der Waals surface area contributed by atoms with Crippen LogP contribution in [0.2, 0.25) is 0 Å². The molecule has 2 aromatic carbocycles. The highest BCUT2D eigenvalue weighted by atomic mass is 16.6. The van der Waals surface area contributed by atoms with E-state index in [0.29, 0.717) is 35.9 Å². The Morgan fingerprint density at radius 3 is 2.63 bits per heavy atom. The van der Waals surface area contributed by atoms with Crippen molar-refractivity contribution in [2.75, 3.05) is 13.2 Å². The molecule has 1 N–H and O–H groups in total. The Morgan fingerprint density at radius 1 is 1.10 bits per heavy atom. The minimum absolute atomic E-state index is 0.0699. The quantitative estimate of drug-likeness (QED) is 0.714. The van der Waals surface area contributed by atoms with E-state index in [0.717, 1.165) is 49.1 Å². The molecule has 2 fully saturated rings. The number of hydrogen-bond acceptors (Lipinski definition) is 6. The summed E-state index contributed by atoms with van der Waals surface area (Å²) in [5, 5.41) is 11.4. The molecule has 3 aliphatic rings. The summed E-state index contributed by atoms with van der Waals surface area (Å²) in [5.41, 5.74) is 1.76. The van der Waals surface area contributed by atoms with Crippen molar-refractivity contribution >= 4 is 11.1 Å². The zero-order valence-corrected chi connectivity index (χ0v) is 17.1. The fraction of sp³-hybridized carbons (Fsp3) is 0.458. The number of aryl methyl sites for hydroxylation is 1. The van der Waals surface area contributed by atoms with E-state index in [4.69, 9.17) is 13.9 Å². The third-order valence-corrected chi connectivity index (χ3v) is 6.94. The molecule has 2 saturated heterocycles. The summed E-state index contributed by atoms with van der Waals surface area (Å²) in [4.78, 5) is 6.93. The second-order valence-corrected chi connectivity index (χ2v) is 8.91. The summed E-state index contributed by atoms with van der Waals surface area (Å²) in [6, 6.07) is 14.7. The van der Waals surface area contributed by atoms with Crippen LogP contribution in [-0.4, -0.2) is 46.3 Å². The molecule has 3 aromatic rings. The zero-order valence-electron chi connectivity index (χ0n) is 17.1. The van der Waals surface area contributed by atoms with Crippen LogP contribution in [-0.2, 0) is 5.60 Å². The van der Waals surface area contributed by atoms with E-state index in [1.165, 1.54) is 0 Å². The van der Waals surface area contributed by atoms with Gasteiger partial charge in [0.2, 0.25) is 11.3 Å². The Hall–Kier alpha value is -2.57. The van der Waals surface area contributed by atoms with Crippen molar-refractivity contribution in [3.63, 3.8) is 0 Å². The van der Waals surface area contributed by atoms with Gasteiger partial charge in [-0.25, -0.2) is 4.98 Å². The number of oxazole rings is 1. The first kappa shape index (κ1) is 18.2. The predicted octanol–water partition coefficient (Wildman–Crippen LogP) is 3.79. The van der Waals surface area contributed by atoms with Gasteiger partial charge in [0.15, 0.2) is 11.6 Å². The topological polar surface area (TPSA) is 68.0 Å². The molecule has 2 bridgehead atoms. The molecular formula is C24H26N2O4. The van der Waals surface area contributed by atoms with Gasteiger partial charge in [0.25, 0.3) is 0 Å². The van der Waals surface area contributed by atoms with Crippen LogP contribution in [0.25, 0.3) is 11.1 Å².